The quantitative estimate of drug-likeness (QED) is 0.410. The number of para-hydroxylation sites is 2. The lowest BCUT2D eigenvalue weighted by Gasteiger charge is -2.18. The second kappa shape index (κ2) is 8.89. The molecule has 1 saturated carbocycles. The highest BCUT2D eigenvalue weighted by Crippen LogP contribution is 2.53. The van der Waals surface area contributed by atoms with Gasteiger partial charge >= 0.3 is 0 Å². The fourth-order valence-electron chi connectivity index (χ4n) is 5.06. The number of imidazole rings is 1. The van der Waals surface area contributed by atoms with Crippen molar-refractivity contribution < 1.29 is 9.47 Å². The number of H-pyrrole nitrogens is 1. The van der Waals surface area contributed by atoms with Crippen LogP contribution in [0.1, 0.15) is 60.1 Å². The molecule has 0 amide bonds. The van der Waals surface area contributed by atoms with E-state index < -0.39 is 0 Å². The predicted octanol–water partition coefficient (Wildman–Crippen LogP) is 4.59. The molecule has 4 aromatic rings. The van der Waals surface area contributed by atoms with Gasteiger partial charge in [-0.1, -0.05) is 17.7 Å². The van der Waals surface area contributed by atoms with Crippen LogP contribution in [0.5, 0.6) is 0 Å². The molecule has 2 aliphatic carbocycles. The van der Waals surface area contributed by atoms with E-state index in [9.17, 15) is 0 Å². The molecule has 2 unspecified atom stereocenters. The Labute approximate surface area is 209 Å². The van der Waals surface area contributed by atoms with E-state index in [4.69, 9.17) is 29.4 Å². The Kier molecular flexibility index (Phi) is 5.55. The summed E-state index contributed by atoms with van der Waals surface area (Å²) in [6.45, 7) is 3.84. The Morgan fingerprint density at radius 1 is 0.972 bits per heavy atom. The molecule has 2 atom stereocenters. The molecule has 36 heavy (non-hydrogen) atoms. The van der Waals surface area contributed by atoms with Gasteiger partial charge < -0.3 is 14.5 Å². The zero-order chi connectivity index (χ0) is 24.8. The van der Waals surface area contributed by atoms with Crippen molar-refractivity contribution in [1.29, 1.82) is 0 Å². The van der Waals surface area contributed by atoms with E-state index in [-0.39, 0.29) is 0 Å². The van der Waals surface area contributed by atoms with Crippen LogP contribution in [-0.4, -0.2) is 48.9 Å². The number of ether oxygens (including phenoxy) is 2. The first kappa shape index (κ1) is 22.5. The Hall–Kier alpha value is -4.01. The number of hydrogen-bond donors (Lipinski definition) is 1. The summed E-state index contributed by atoms with van der Waals surface area (Å²) < 4.78 is 12.8. The zero-order valence-corrected chi connectivity index (χ0v) is 20.9. The molecule has 0 aliphatic heterocycles. The first-order valence-electron chi connectivity index (χ1n) is 12.3. The summed E-state index contributed by atoms with van der Waals surface area (Å²) in [5.41, 5.74) is 4.32. The van der Waals surface area contributed by atoms with Gasteiger partial charge in [0.15, 0.2) is 11.6 Å². The number of hydrogen-bond acceptors (Lipinski definition) is 7. The van der Waals surface area contributed by atoms with Gasteiger partial charge in [-0.25, -0.2) is 19.9 Å². The van der Waals surface area contributed by atoms with Crippen LogP contribution in [0.2, 0.25) is 0 Å². The molecule has 1 fully saturated rings. The van der Waals surface area contributed by atoms with E-state index >= 15 is 0 Å². The summed E-state index contributed by atoms with van der Waals surface area (Å²) in [7, 11) is 3.35. The highest BCUT2D eigenvalue weighted by molar-refractivity contribution is 5.75. The number of nitrogens with one attached hydrogen (secondary N) is 1. The lowest BCUT2D eigenvalue weighted by Crippen LogP contribution is -2.11. The van der Waals surface area contributed by atoms with Crippen LogP contribution in [0.4, 0.5) is 0 Å². The second-order valence-corrected chi connectivity index (χ2v) is 9.45. The van der Waals surface area contributed by atoms with E-state index in [0.717, 1.165) is 70.8 Å². The third-order valence-corrected chi connectivity index (χ3v) is 6.91. The molecule has 0 spiro atoms. The first-order chi connectivity index (χ1) is 17.5. The fraction of sp³-hybridized carbons (Fsp3) is 0.370. The van der Waals surface area contributed by atoms with Crippen molar-refractivity contribution in [3.63, 3.8) is 0 Å². The molecule has 1 aromatic carbocycles. The standard InChI is InChI=1S/C27H29N7O2/c1-15-28-22(18-13-19(18)27-31-20-7-5-6-8-21(20)32-27)14-26(29-15)34-25(30-16(2)33-34)12-17-9-10-23(35-3)24(11-17)36-4/h5-8,11,14,18-19H,9-10,12-13H2,1-4H3,(H,31,32). The summed E-state index contributed by atoms with van der Waals surface area (Å²) in [5, 5.41) is 4.69. The fourth-order valence-corrected chi connectivity index (χ4v) is 5.06. The molecule has 1 N–H and O–H groups in total. The minimum absolute atomic E-state index is 0.307. The van der Waals surface area contributed by atoms with Gasteiger partial charge in [0.25, 0.3) is 0 Å². The van der Waals surface area contributed by atoms with E-state index in [0.29, 0.717) is 24.1 Å². The van der Waals surface area contributed by atoms with Crippen molar-refractivity contribution >= 4 is 11.0 Å². The van der Waals surface area contributed by atoms with Gasteiger partial charge in [0.1, 0.15) is 29.1 Å². The number of allylic oxidation sites excluding steroid dienone is 3. The molecule has 0 bridgehead atoms. The molecule has 0 saturated heterocycles. The number of methoxy groups -OCH3 is 2. The van der Waals surface area contributed by atoms with Gasteiger partial charge in [-0.2, -0.15) is 4.68 Å². The smallest absolute Gasteiger partial charge is 0.159 e. The number of benzene rings is 1. The van der Waals surface area contributed by atoms with E-state index in [1.165, 1.54) is 5.57 Å². The summed E-state index contributed by atoms with van der Waals surface area (Å²) in [4.78, 5) is 22.5. The van der Waals surface area contributed by atoms with Crippen molar-refractivity contribution in [2.24, 2.45) is 0 Å². The Balaban J connectivity index is 1.28. The molecule has 9 heteroatoms. The van der Waals surface area contributed by atoms with Gasteiger partial charge in [-0.15, -0.1) is 5.10 Å². The van der Waals surface area contributed by atoms with E-state index in [2.05, 4.69) is 28.3 Å². The molecule has 3 heterocycles. The van der Waals surface area contributed by atoms with Crippen molar-refractivity contribution in [2.45, 2.75) is 51.4 Å². The van der Waals surface area contributed by atoms with E-state index in [1.54, 1.807) is 14.2 Å². The summed E-state index contributed by atoms with van der Waals surface area (Å²) >= 11 is 0. The van der Waals surface area contributed by atoms with Crippen molar-refractivity contribution in [3.05, 3.63) is 82.5 Å². The number of nitrogens with zero attached hydrogens (tertiary/aromatic N) is 6. The third-order valence-electron chi connectivity index (χ3n) is 6.91. The van der Waals surface area contributed by atoms with Crippen LogP contribution in [0.3, 0.4) is 0 Å². The lowest BCUT2D eigenvalue weighted by atomic mass is 9.99. The third kappa shape index (κ3) is 4.14. The van der Waals surface area contributed by atoms with Gasteiger partial charge in [0.05, 0.1) is 30.9 Å². The molecule has 184 valence electrons. The maximum atomic E-state index is 5.52. The summed E-state index contributed by atoms with van der Waals surface area (Å²) in [5.74, 6) is 6.35. The number of fused-ring (bicyclic) bond motifs is 1. The molecule has 2 aliphatic rings. The van der Waals surface area contributed by atoms with Crippen LogP contribution in [0, 0.1) is 13.8 Å². The Morgan fingerprint density at radius 3 is 2.64 bits per heavy atom. The van der Waals surface area contributed by atoms with Gasteiger partial charge in [0.2, 0.25) is 0 Å². The Morgan fingerprint density at radius 2 is 1.83 bits per heavy atom. The SMILES string of the molecule is COC1=C(OC)CCC(Cc2nc(C)nn2-c2cc(C3CC3c3nc4ccccc4[nH]3)nc(C)n2)=C1. The topological polar surface area (TPSA) is 104 Å². The lowest BCUT2D eigenvalue weighted by molar-refractivity contribution is 0.217. The number of rotatable bonds is 7. The molecule has 9 nitrogen and oxygen atoms in total. The van der Waals surface area contributed by atoms with Crippen LogP contribution >= 0.6 is 0 Å². The van der Waals surface area contributed by atoms with Crippen molar-refractivity contribution in [2.75, 3.05) is 14.2 Å². The normalized spacial score (nSPS) is 19.5. The highest BCUT2D eigenvalue weighted by Gasteiger charge is 2.43. The number of aromatic nitrogens is 7. The molecular formula is C27H29N7O2. The van der Waals surface area contributed by atoms with Crippen molar-refractivity contribution in [1.82, 2.24) is 34.7 Å². The number of aromatic amines is 1. The predicted molar refractivity (Wildman–Crippen MR) is 135 cm³/mol. The minimum Gasteiger partial charge on any atom is -0.497 e. The largest absolute Gasteiger partial charge is 0.497 e. The van der Waals surface area contributed by atoms with Gasteiger partial charge in [-0.3, -0.25) is 0 Å². The Bertz CT molecular complexity index is 1480. The van der Waals surface area contributed by atoms with Crippen LogP contribution in [0.15, 0.2) is 53.5 Å². The average molecular weight is 484 g/mol. The summed E-state index contributed by atoms with van der Waals surface area (Å²) in [6, 6.07) is 10.2. The highest BCUT2D eigenvalue weighted by atomic mass is 16.5. The molecule has 3 aromatic heterocycles. The maximum absolute atomic E-state index is 5.52. The summed E-state index contributed by atoms with van der Waals surface area (Å²) in [6.07, 6.45) is 5.42. The number of aryl methyl sites for hydroxylation is 2. The first-order valence-corrected chi connectivity index (χ1v) is 12.3. The second-order valence-electron chi connectivity index (χ2n) is 9.45. The monoisotopic (exact) mass is 483 g/mol. The van der Waals surface area contributed by atoms with Gasteiger partial charge in [0, 0.05) is 30.7 Å². The average Bonchev–Trinajstić information content (AvgIpc) is 3.43. The van der Waals surface area contributed by atoms with Crippen molar-refractivity contribution in [3.8, 4) is 5.82 Å². The minimum atomic E-state index is 0.307. The van der Waals surface area contributed by atoms with Crippen LogP contribution < -0.4 is 0 Å². The zero-order valence-electron chi connectivity index (χ0n) is 20.9. The van der Waals surface area contributed by atoms with Gasteiger partial charge in [-0.05, 0) is 44.9 Å². The molecule has 6 rings (SSSR count). The molecular weight excluding hydrogens is 454 g/mol. The van der Waals surface area contributed by atoms with Crippen LogP contribution in [-0.2, 0) is 15.9 Å². The van der Waals surface area contributed by atoms with Crippen LogP contribution in [0.25, 0.3) is 16.9 Å². The van der Waals surface area contributed by atoms with E-state index in [1.807, 2.05) is 36.7 Å². The maximum Gasteiger partial charge on any atom is 0.159 e. The molecule has 0 radical (unpaired) electrons.